The minimum atomic E-state index is 0. The van der Waals surface area contributed by atoms with Crippen molar-refractivity contribution >= 4 is 30.7 Å². The molecule has 21 heavy (non-hydrogen) atoms. The average molecular weight is 338 g/mol. The highest BCUT2D eigenvalue weighted by atomic mass is 35.5. The van der Waals surface area contributed by atoms with E-state index < -0.39 is 0 Å². The van der Waals surface area contributed by atoms with Gasteiger partial charge in [0.05, 0.1) is 6.04 Å². The minimum Gasteiger partial charge on any atom is -0.341 e. The van der Waals surface area contributed by atoms with E-state index in [0.29, 0.717) is 11.8 Å². The van der Waals surface area contributed by atoms with Crippen LogP contribution in [0.25, 0.3) is 0 Å². The van der Waals surface area contributed by atoms with Crippen molar-refractivity contribution in [1.29, 1.82) is 0 Å². The first kappa shape index (κ1) is 19.0. The smallest absolute Gasteiger partial charge is 0.239 e. The Kier molecular flexibility index (Phi) is 8.32. The summed E-state index contributed by atoms with van der Waals surface area (Å²) < 4.78 is 0. The van der Waals surface area contributed by atoms with Crippen molar-refractivity contribution in [2.75, 3.05) is 39.3 Å². The largest absolute Gasteiger partial charge is 0.341 e. The molecule has 2 unspecified atom stereocenters. The van der Waals surface area contributed by atoms with Crippen LogP contribution in [0.2, 0.25) is 0 Å². The zero-order valence-electron chi connectivity index (χ0n) is 12.8. The fourth-order valence-corrected chi connectivity index (χ4v) is 3.80. The molecule has 0 aromatic rings. The number of hydrogen-bond acceptors (Lipinski definition) is 3. The summed E-state index contributed by atoms with van der Waals surface area (Å²) in [6, 6.07) is 0.119. The Morgan fingerprint density at radius 2 is 1.76 bits per heavy atom. The molecule has 2 atom stereocenters. The van der Waals surface area contributed by atoms with Crippen LogP contribution in [0.1, 0.15) is 38.5 Å². The number of rotatable bonds is 3. The summed E-state index contributed by atoms with van der Waals surface area (Å²) in [6.07, 6.45) is 7.52. The summed E-state index contributed by atoms with van der Waals surface area (Å²) in [6.45, 7) is 6.75. The molecule has 3 saturated heterocycles. The van der Waals surface area contributed by atoms with Crippen molar-refractivity contribution in [3.05, 3.63) is 0 Å². The molecule has 0 aromatic carbocycles. The Morgan fingerprint density at radius 1 is 1.00 bits per heavy atom. The lowest BCUT2D eigenvalue weighted by atomic mass is 10.1. The van der Waals surface area contributed by atoms with E-state index in [2.05, 4.69) is 15.1 Å². The molecule has 0 spiro atoms. The molecule has 0 aromatic heterocycles. The van der Waals surface area contributed by atoms with E-state index in [0.717, 1.165) is 32.5 Å². The minimum absolute atomic E-state index is 0. The molecule has 0 saturated carbocycles. The summed E-state index contributed by atoms with van der Waals surface area (Å²) in [7, 11) is 0. The van der Waals surface area contributed by atoms with E-state index in [1.54, 1.807) is 0 Å². The third kappa shape index (κ3) is 4.98. The van der Waals surface area contributed by atoms with Gasteiger partial charge in [0.2, 0.25) is 5.91 Å². The van der Waals surface area contributed by atoms with E-state index in [9.17, 15) is 4.79 Å². The van der Waals surface area contributed by atoms with Crippen LogP contribution in [0.5, 0.6) is 0 Å². The SMILES string of the molecule is Cl.Cl.O=C(C1CCCN1)N1CCC(CN2CCCCC2)C1. The lowest BCUT2D eigenvalue weighted by Crippen LogP contribution is -2.43. The van der Waals surface area contributed by atoms with Crippen molar-refractivity contribution in [3.8, 4) is 0 Å². The molecular weight excluding hydrogens is 309 g/mol. The van der Waals surface area contributed by atoms with Crippen LogP contribution in [0, 0.1) is 5.92 Å². The van der Waals surface area contributed by atoms with Gasteiger partial charge in [0.15, 0.2) is 0 Å². The fraction of sp³-hybridized carbons (Fsp3) is 0.933. The summed E-state index contributed by atoms with van der Waals surface area (Å²) >= 11 is 0. The van der Waals surface area contributed by atoms with E-state index in [4.69, 9.17) is 0 Å². The summed E-state index contributed by atoms with van der Waals surface area (Å²) in [4.78, 5) is 17.1. The van der Waals surface area contributed by atoms with Gasteiger partial charge < -0.3 is 15.1 Å². The number of carbonyl (C=O) groups is 1. The fourth-order valence-electron chi connectivity index (χ4n) is 3.80. The molecule has 1 amide bonds. The Morgan fingerprint density at radius 3 is 2.43 bits per heavy atom. The Hall–Kier alpha value is -0.0300. The quantitative estimate of drug-likeness (QED) is 0.854. The lowest BCUT2D eigenvalue weighted by molar-refractivity contribution is -0.132. The van der Waals surface area contributed by atoms with Crippen molar-refractivity contribution < 1.29 is 4.79 Å². The van der Waals surface area contributed by atoms with Gasteiger partial charge in [0, 0.05) is 19.6 Å². The molecule has 4 nitrogen and oxygen atoms in total. The first-order chi connectivity index (χ1) is 9.33. The van der Waals surface area contributed by atoms with Gasteiger partial charge in [-0.3, -0.25) is 4.79 Å². The van der Waals surface area contributed by atoms with Crippen LogP contribution in [0.4, 0.5) is 0 Å². The highest BCUT2D eigenvalue weighted by Gasteiger charge is 2.32. The Balaban J connectivity index is 0.00000110. The van der Waals surface area contributed by atoms with Crippen LogP contribution in [-0.2, 0) is 4.79 Å². The second-order valence-electron chi connectivity index (χ2n) is 6.45. The maximum Gasteiger partial charge on any atom is 0.239 e. The van der Waals surface area contributed by atoms with Gasteiger partial charge in [-0.1, -0.05) is 6.42 Å². The predicted octanol–water partition coefficient (Wildman–Crippen LogP) is 1.92. The Labute approximate surface area is 140 Å². The van der Waals surface area contributed by atoms with E-state index in [-0.39, 0.29) is 30.9 Å². The standard InChI is InChI=1S/C15H27N3O.2ClH/c19-15(14-5-4-7-16-14)18-10-6-13(12-18)11-17-8-2-1-3-9-17;;/h13-14,16H,1-12H2;2*1H. The van der Waals surface area contributed by atoms with Crippen molar-refractivity contribution in [3.63, 3.8) is 0 Å². The van der Waals surface area contributed by atoms with Crippen LogP contribution in [-0.4, -0.2) is 61.0 Å². The van der Waals surface area contributed by atoms with Crippen molar-refractivity contribution in [2.24, 2.45) is 5.92 Å². The summed E-state index contributed by atoms with van der Waals surface area (Å²) in [5.41, 5.74) is 0. The highest BCUT2D eigenvalue weighted by Crippen LogP contribution is 2.21. The molecule has 0 bridgehead atoms. The molecule has 0 aliphatic carbocycles. The maximum atomic E-state index is 12.3. The molecular formula is C15H29Cl2N3O. The molecule has 3 heterocycles. The van der Waals surface area contributed by atoms with Gasteiger partial charge in [-0.15, -0.1) is 24.8 Å². The maximum absolute atomic E-state index is 12.3. The van der Waals surface area contributed by atoms with Crippen molar-refractivity contribution in [2.45, 2.75) is 44.6 Å². The topological polar surface area (TPSA) is 35.6 Å². The normalized spacial score (nSPS) is 29.8. The van der Waals surface area contributed by atoms with E-state index in [1.165, 1.54) is 45.3 Å². The van der Waals surface area contributed by atoms with Crippen LogP contribution in [0.3, 0.4) is 0 Å². The highest BCUT2D eigenvalue weighted by molar-refractivity contribution is 5.85. The van der Waals surface area contributed by atoms with Crippen molar-refractivity contribution in [1.82, 2.24) is 15.1 Å². The third-order valence-corrected chi connectivity index (χ3v) is 4.92. The van der Waals surface area contributed by atoms with Crippen LogP contribution in [0.15, 0.2) is 0 Å². The molecule has 1 N–H and O–H groups in total. The second kappa shape index (κ2) is 9.19. The van der Waals surface area contributed by atoms with Crippen LogP contribution < -0.4 is 5.32 Å². The van der Waals surface area contributed by atoms with Gasteiger partial charge in [0.1, 0.15) is 0 Å². The number of hydrogen-bond donors (Lipinski definition) is 1. The molecule has 3 aliphatic heterocycles. The Bertz CT molecular complexity index is 318. The third-order valence-electron chi connectivity index (χ3n) is 4.92. The molecule has 124 valence electrons. The number of nitrogens with zero attached hydrogens (tertiary/aromatic N) is 2. The average Bonchev–Trinajstić information content (AvgIpc) is 3.10. The lowest BCUT2D eigenvalue weighted by Gasteiger charge is -2.29. The number of nitrogens with one attached hydrogen (secondary N) is 1. The summed E-state index contributed by atoms with van der Waals surface area (Å²) in [5, 5.41) is 3.33. The molecule has 0 radical (unpaired) electrons. The number of halogens is 2. The number of likely N-dealkylation sites (tertiary alicyclic amines) is 2. The van der Waals surface area contributed by atoms with Gasteiger partial charge in [-0.25, -0.2) is 0 Å². The molecule has 3 aliphatic rings. The molecule has 6 heteroatoms. The van der Waals surface area contributed by atoms with Gasteiger partial charge in [0.25, 0.3) is 0 Å². The monoisotopic (exact) mass is 337 g/mol. The van der Waals surface area contributed by atoms with Gasteiger partial charge in [-0.2, -0.15) is 0 Å². The van der Waals surface area contributed by atoms with Gasteiger partial charge >= 0.3 is 0 Å². The zero-order chi connectivity index (χ0) is 13.1. The predicted molar refractivity (Wildman–Crippen MR) is 90.5 cm³/mol. The number of amides is 1. The second-order valence-corrected chi connectivity index (χ2v) is 6.45. The first-order valence-corrected chi connectivity index (χ1v) is 8.07. The van der Waals surface area contributed by atoms with Crippen LogP contribution >= 0.6 is 24.8 Å². The first-order valence-electron chi connectivity index (χ1n) is 8.07. The zero-order valence-corrected chi connectivity index (χ0v) is 14.4. The summed E-state index contributed by atoms with van der Waals surface area (Å²) in [5.74, 6) is 1.07. The molecule has 3 fully saturated rings. The number of piperidine rings is 1. The number of carbonyl (C=O) groups excluding carboxylic acids is 1. The molecule has 3 rings (SSSR count). The van der Waals surface area contributed by atoms with Gasteiger partial charge in [-0.05, 0) is 57.7 Å². The van der Waals surface area contributed by atoms with E-state index >= 15 is 0 Å². The van der Waals surface area contributed by atoms with E-state index in [1.807, 2.05) is 0 Å².